The number of nitrogens with one attached hydrogen (secondary N) is 1. The lowest BCUT2D eigenvalue weighted by Gasteiger charge is -2.32. The Labute approximate surface area is 143 Å². The number of H-pyrrole nitrogens is 1. The number of rotatable bonds is 5. The van der Waals surface area contributed by atoms with E-state index in [-0.39, 0.29) is 5.91 Å². The number of hydrogen-bond acceptors (Lipinski definition) is 3. The van der Waals surface area contributed by atoms with E-state index in [0.717, 1.165) is 61.8 Å². The topological polar surface area (TPSA) is 66.8 Å². The quantitative estimate of drug-likeness (QED) is 0.917. The smallest absolute Gasteiger partial charge is 0.222 e. The van der Waals surface area contributed by atoms with Crippen molar-refractivity contribution >= 4 is 5.91 Å². The van der Waals surface area contributed by atoms with Crippen LogP contribution in [0.3, 0.4) is 0 Å². The van der Waals surface area contributed by atoms with E-state index in [4.69, 9.17) is 0 Å². The molecular weight excluding hydrogens is 302 g/mol. The normalized spacial score (nSPS) is 18.1. The van der Waals surface area contributed by atoms with Crippen LogP contribution in [-0.4, -0.2) is 43.6 Å². The molecule has 0 radical (unpaired) electrons. The van der Waals surface area contributed by atoms with Crippen LogP contribution in [0, 0.1) is 20.8 Å². The van der Waals surface area contributed by atoms with Gasteiger partial charge in [0.2, 0.25) is 5.91 Å². The molecular formula is C18H27N5O. The van der Waals surface area contributed by atoms with Crippen LogP contribution in [0.15, 0.2) is 12.3 Å². The van der Waals surface area contributed by atoms with Gasteiger partial charge in [0.05, 0.1) is 5.69 Å². The zero-order chi connectivity index (χ0) is 17.1. The molecule has 1 aliphatic rings. The van der Waals surface area contributed by atoms with Crippen LogP contribution in [0.25, 0.3) is 0 Å². The van der Waals surface area contributed by atoms with Crippen molar-refractivity contribution in [1.29, 1.82) is 0 Å². The average molecular weight is 329 g/mol. The van der Waals surface area contributed by atoms with Gasteiger partial charge in [-0.3, -0.25) is 9.48 Å². The predicted molar refractivity (Wildman–Crippen MR) is 92.8 cm³/mol. The first-order valence-corrected chi connectivity index (χ1v) is 8.83. The molecule has 1 saturated heterocycles. The van der Waals surface area contributed by atoms with E-state index in [9.17, 15) is 4.79 Å². The van der Waals surface area contributed by atoms with Crippen molar-refractivity contribution < 1.29 is 4.79 Å². The Morgan fingerprint density at radius 3 is 2.88 bits per heavy atom. The van der Waals surface area contributed by atoms with Gasteiger partial charge < -0.3 is 9.88 Å². The van der Waals surface area contributed by atoms with Crippen LogP contribution in [0.1, 0.15) is 54.5 Å². The van der Waals surface area contributed by atoms with Crippen molar-refractivity contribution in [3.05, 3.63) is 35.2 Å². The summed E-state index contributed by atoms with van der Waals surface area (Å²) in [6, 6.07) is 2.07. The lowest BCUT2D eigenvalue weighted by molar-refractivity contribution is -0.132. The zero-order valence-electron chi connectivity index (χ0n) is 14.9. The van der Waals surface area contributed by atoms with E-state index in [1.165, 1.54) is 0 Å². The standard InChI is InChI=1S/C18H27N5O/c1-13-10-15(3)23(21-13)9-5-7-17(24)22-8-4-6-16(12-22)18-19-11-14(2)20-18/h10-11,16H,4-9,12H2,1-3H3,(H,19,20)/t16-/m0/s1. The third kappa shape index (κ3) is 3.86. The number of aromatic nitrogens is 4. The lowest BCUT2D eigenvalue weighted by Crippen LogP contribution is -2.39. The number of carbonyl (C=O) groups excluding carboxylic acids is 1. The molecule has 1 N–H and O–H groups in total. The average Bonchev–Trinajstić information content (AvgIpc) is 3.13. The Bertz CT molecular complexity index is 702. The molecule has 3 rings (SSSR count). The Hall–Kier alpha value is -2.11. The lowest BCUT2D eigenvalue weighted by atomic mass is 9.97. The number of piperidine rings is 1. The molecule has 1 fully saturated rings. The summed E-state index contributed by atoms with van der Waals surface area (Å²) in [5.41, 5.74) is 3.27. The van der Waals surface area contributed by atoms with Gasteiger partial charge in [-0.15, -0.1) is 0 Å². The Morgan fingerprint density at radius 2 is 2.21 bits per heavy atom. The maximum absolute atomic E-state index is 12.5. The predicted octanol–water partition coefficient (Wildman–Crippen LogP) is 2.72. The van der Waals surface area contributed by atoms with Gasteiger partial charge in [-0.25, -0.2) is 4.98 Å². The van der Waals surface area contributed by atoms with Crippen molar-refractivity contribution in [1.82, 2.24) is 24.6 Å². The molecule has 2 aromatic rings. The summed E-state index contributed by atoms with van der Waals surface area (Å²) in [5, 5.41) is 4.45. The van der Waals surface area contributed by atoms with Gasteiger partial charge in [0.1, 0.15) is 5.82 Å². The number of hydrogen-bond donors (Lipinski definition) is 1. The fraction of sp³-hybridized carbons (Fsp3) is 0.611. The fourth-order valence-corrected chi connectivity index (χ4v) is 3.51. The summed E-state index contributed by atoms with van der Waals surface area (Å²) >= 11 is 0. The Morgan fingerprint density at radius 1 is 1.38 bits per heavy atom. The van der Waals surface area contributed by atoms with Crippen LogP contribution in [0.2, 0.25) is 0 Å². The minimum Gasteiger partial charge on any atom is -0.346 e. The fourth-order valence-electron chi connectivity index (χ4n) is 3.51. The van der Waals surface area contributed by atoms with E-state index < -0.39 is 0 Å². The Balaban J connectivity index is 1.50. The number of amides is 1. The number of aryl methyl sites for hydroxylation is 4. The highest BCUT2D eigenvalue weighted by Gasteiger charge is 2.26. The molecule has 0 unspecified atom stereocenters. The first kappa shape index (κ1) is 16.7. The molecule has 0 aliphatic carbocycles. The van der Waals surface area contributed by atoms with Crippen molar-refractivity contribution in [3.63, 3.8) is 0 Å². The minimum atomic E-state index is 0.254. The van der Waals surface area contributed by atoms with Crippen molar-refractivity contribution in [3.8, 4) is 0 Å². The van der Waals surface area contributed by atoms with E-state index in [1.807, 2.05) is 29.6 Å². The molecule has 1 aliphatic heterocycles. The maximum Gasteiger partial charge on any atom is 0.222 e. The number of likely N-dealkylation sites (tertiary alicyclic amines) is 1. The van der Waals surface area contributed by atoms with Crippen molar-refractivity contribution in [2.75, 3.05) is 13.1 Å². The van der Waals surface area contributed by atoms with Crippen LogP contribution < -0.4 is 0 Å². The first-order chi connectivity index (χ1) is 11.5. The summed E-state index contributed by atoms with van der Waals surface area (Å²) in [6.45, 7) is 8.53. The second kappa shape index (κ2) is 7.20. The highest BCUT2D eigenvalue weighted by atomic mass is 16.2. The molecule has 1 amide bonds. The van der Waals surface area contributed by atoms with Gasteiger partial charge in [0.15, 0.2) is 0 Å². The van der Waals surface area contributed by atoms with E-state index in [0.29, 0.717) is 12.3 Å². The second-order valence-electron chi connectivity index (χ2n) is 6.88. The molecule has 0 saturated carbocycles. The molecule has 0 spiro atoms. The zero-order valence-corrected chi connectivity index (χ0v) is 14.9. The number of carbonyl (C=O) groups is 1. The summed E-state index contributed by atoms with van der Waals surface area (Å²) in [5.74, 6) is 1.62. The maximum atomic E-state index is 12.5. The van der Waals surface area contributed by atoms with E-state index in [2.05, 4.69) is 28.1 Å². The molecule has 6 heteroatoms. The van der Waals surface area contributed by atoms with Crippen molar-refractivity contribution in [2.45, 2.75) is 58.9 Å². The first-order valence-electron chi connectivity index (χ1n) is 8.83. The molecule has 130 valence electrons. The molecule has 2 aromatic heterocycles. The SMILES string of the molecule is Cc1cc(C)n(CCCC(=O)N2CCC[C@H](c3ncc(C)[nH]3)C2)n1. The van der Waals surface area contributed by atoms with Gasteiger partial charge in [0, 0.05) is 49.6 Å². The minimum absolute atomic E-state index is 0.254. The number of imidazole rings is 1. The molecule has 24 heavy (non-hydrogen) atoms. The van der Waals surface area contributed by atoms with Gasteiger partial charge in [0.25, 0.3) is 0 Å². The Kier molecular flexibility index (Phi) is 5.02. The van der Waals surface area contributed by atoms with Crippen LogP contribution in [-0.2, 0) is 11.3 Å². The molecule has 1 atom stereocenters. The second-order valence-corrected chi connectivity index (χ2v) is 6.88. The van der Waals surface area contributed by atoms with Crippen LogP contribution >= 0.6 is 0 Å². The van der Waals surface area contributed by atoms with Crippen molar-refractivity contribution in [2.24, 2.45) is 0 Å². The van der Waals surface area contributed by atoms with E-state index in [1.54, 1.807) is 0 Å². The number of nitrogens with zero attached hydrogens (tertiary/aromatic N) is 4. The molecule has 0 bridgehead atoms. The summed E-state index contributed by atoms with van der Waals surface area (Å²) < 4.78 is 1.99. The van der Waals surface area contributed by atoms with Gasteiger partial charge >= 0.3 is 0 Å². The van der Waals surface area contributed by atoms with Gasteiger partial charge in [-0.2, -0.15) is 5.10 Å². The monoisotopic (exact) mass is 329 g/mol. The molecule has 6 nitrogen and oxygen atoms in total. The highest BCUT2D eigenvalue weighted by molar-refractivity contribution is 5.76. The largest absolute Gasteiger partial charge is 0.346 e. The summed E-state index contributed by atoms with van der Waals surface area (Å²) in [6.07, 6.45) is 5.44. The third-order valence-electron chi connectivity index (χ3n) is 4.75. The van der Waals surface area contributed by atoms with Gasteiger partial charge in [-0.05, 0) is 46.1 Å². The van der Waals surface area contributed by atoms with Gasteiger partial charge in [-0.1, -0.05) is 0 Å². The molecule has 3 heterocycles. The number of aromatic amines is 1. The van der Waals surface area contributed by atoms with E-state index >= 15 is 0 Å². The molecule has 0 aromatic carbocycles. The highest BCUT2D eigenvalue weighted by Crippen LogP contribution is 2.25. The van der Waals surface area contributed by atoms with Crippen LogP contribution in [0.4, 0.5) is 0 Å². The van der Waals surface area contributed by atoms with Crippen LogP contribution in [0.5, 0.6) is 0 Å². The third-order valence-corrected chi connectivity index (χ3v) is 4.75. The summed E-state index contributed by atoms with van der Waals surface area (Å²) in [4.78, 5) is 22.3. The summed E-state index contributed by atoms with van der Waals surface area (Å²) in [7, 11) is 0.